The van der Waals surface area contributed by atoms with E-state index >= 15 is 0 Å². The molecule has 2 heterocycles. The highest BCUT2D eigenvalue weighted by Gasteiger charge is 2.21. The van der Waals surface area contributed by atoms with Gasteiger partial charge in [0.05, 0.1) is 16.6 Å². The van der Waals surface area contributed by atoms with Crippen molar-refractivity contribution >= 4 is 33.0 Å². The Morgan fingerprint density at radius 1 is 1.21 bits per heavy atom. The van der Waals surface area contributed by atoms with Gasteiger partial charge in [-0.15, -0.1) is 16.4 Å². The van der Waals surface area contributed by atoms with E-state index in [1.807, 2.05) is 0 Å². The summed E-state index contributed by atoms with van der Waals surface area (Å²) in [6, 6.07) is 8.28. The van der Waals surface area contributed by atoms with Crippen LogP contribution in [0.5, 0.6) is 0 Å². The van der Waals surface area contributed by atoms with Crippen LogP contribution in [0.1, 0.15) is 41.9 Å². The zero-order valence-corrected chi connectivity index (χ0v) is 12.5. The molecule has 0 aliphatic rings. The maximum absolute atomic E-state index is 6.46. The second-order valence-electron chi connectivity index (χ2n) is 4.84. The molecule has 0 fully saturated rings. The third-order valence-electron chi connectivity index (χ3n) is 3.21. The van der Waals surface area contributed by atoms with Gasteiger partial charge in [0.15, 0.2) is 0 Å². The van der Waals surface area contributed by atoms with Crippen LogP contribution < -0.4 is 5.73 Å². The Hall–Kier alpha value is -1.30. The summed E-state index contributed by atoms with van der Waals surface area (Å²) in [4.78, 5) is 1.08. The molecule has 0 aliphatic heterocycles. The van der Waals surface area contributed by atoms with Crippen LogP contribution in [0, 0.1) is 0 Å². The van der Waals surface area contributed by atoms with Crippen molar-refractivity contribution in [3.8, 4) is 0 Å². The van der Waals surface area contributed by atoms with Crippen molar-refractivity contribution in [2.24, 2.45) is 5.73 Å². The summed E-state index contributed by atoms with van der Waals surface area (Å²) < 4.78 is 5.33. The SMILES string of the molecule is CC(C)c1nnsc1C(N)c1cccc2ccsc12. The molecule has 5 heteroatoms. The fourth-order valence-electron chi connectivity index (χ4n) is 2.22. The molecule has 1 aromatic carbocycles. The van der Waals surface area contributed by atoms with Crippen molar-refractivity contribution in [3.63, 3.8) is 0 Å². The molecule has 3 rings (SSSR count). The molecule has 2 N–H and O–H groups in total. The molecule has 1 unspecified atom stereocenters. The van der Waals surface area contributed by atoms with E-state index < -0.39 is 0 Å². The Morgan fingerprint density at radius 3 is 2.84 bits per heavy atom. The lowest BCUT2D eigenvalue weighted by molar-refractivity contribution is 0.773. The molecule has 19 heavy (non-hydrogen) atoms. The van der Waals surface area contributed by atoms with E-state index in [1.54, 1.807) is 11.3 Å². The minimum atomic E-state index is -0.139. The summed E-state index contributed by atoms with van der Waals surface area (Å²) in [5.74, 6) is 0.349. The first-order valence-corrected chi connectivity index (χ1v) is 7.87. The lowest BCUT2D eigenvalue weighted by Crippen LogP contribution is -2.13. The molecule has 0 radical (unpaired) electrons. The van der Waals surface area contributed by atoms with Gasteiger partial charge in [-0.25, -0.2) is 0 Å². The quantitative estimate of drug-likeness (QED) is 0.795. The molecular formula is C14H15N3S2. The zero-order valence-electron chi connectivity index (χ0n) is 10.8. The summed E-state index contributed by atoms with van der Waals surface area (Å²) in [5, 5.41) is 7.58. The van der Waals surface area contributed by atoms with Crippen LogP contribution >= 0.6 is 22.9 Å². The van der Waals surface area contributed by atoms with E-state index in [0.717, 1.165) is 10.6 Å². The first-order valence-electron chi connectivity index (χ1n) is 6.22. The van der Waals surface area contributed by atoms with Crippen molar-refractivity contribution in [3.05, 3.63) is 45.8 Å². The summed E-state index contributed by atoms with van der Waals surface area (Å²) in [6.07, 6.45) is 0. The van der Waals surface area contributed by atoms with E-state index in [2.05, 4.69) is 53.1 Å². The summed E-state index contributed by atoms with van der Waals surface area (Å²) >= 11 is 3.15. The van der Waals surface area contributed by atoms with Crippen LogP contribution in [0.4, 0.5) is 0 Å². The van der Waals surface area contributed by atoms with E-state index in [0.29, 0.717) is 5.92 Å². The van der Waals surface area contributed by atoms with Crippen molar-refractivity contribution < 1.29 is 0 Å². The topological polar surface area (TPSA) is 51.8 Å². The molecule has 98 valence electrons. The van der Waals surface area contributed by atoms with Crippen LogP contribution in [0.15, 0.2) is 29.6 Å². The number of benzene rings is 1. The van der Waals surface area contributed by atoms with Crippen molar-refractivity contribution in [2.45, 2.75) is 25.8 Å². The number of hydrogen-bond acceptors (Lipinski definition) is 5. The third kappa shape index (κ3) is 2.18. The normalized spacial score (nSPS) is 13.3. The van der Waals surface area contributed by atoms with Gasteiger partial charge in [0.2, 0.25) is 0 Å². The Balaban J connectivity index is 2.11. The van der Waals surface area contributed by atoms with E-state index in [-0.39, 0.29) is 6.04 Å². The van der Waals surface area contributed by atoms with E-state index in [4.69, 9.17) is 5.73 Å². The van der Waals surface area contributed by atoms with E-state index in [1.165, 1.54) is 27.2 Å². The first kappa shape index (κ1) is 12.7. The number of nitrogens with zero attached hydrogens (tertiary/aromatic N) is 2. The molecule has 0 bridgehead atoms. The average molecular weight is 289 g/mol. The van der Waals surface area contributed by atoms with Gasteiger partial charge < -0.3 is 5.73 Å². The molecule has 0 saturated heterocycles. The van der Waals surface area contributed by atoms with Crippen LogP contribution in [0.25, 0.3) is 10.1 Å². The highest BCUT2D eigenvalue weighted by molar-refractivity contribution is 7.17. The lowest BCUT2D eigenvalue weighted by atomic mass is 10.00. The highest BCUT2D eigenvalue weighted by atomic mass is 32.1. The smallest absolute Gasteiger partial charge is 0.0832 e. The molecule has 0 spiro atoms. The van der Waals surface area contributed by atoms with Crippen LogP contribution in [-0.4, -0.2) is 9.59 Å². The van der Waals surface area contributed by atoms with Gasteiger partial charge in [0.1, 0.15) is 0 Å². The fraction of sp³-hybridized carbons (Fsp3) is 0.286. The summed E-state index contributed by atoms with van der Waals surface area (Å²) in [5.41, 5.74) is 8.65. The number of nitrogens with two attached hydrogens (primary N) is 1. The molecular weight excluding hydrogens is 274 g/mol. The third-order valence-corrected chi connectivity index (χ3v) is 5.02. The monoisotopic (exact) mass is 289 g/mol. The standard InChI is InChI=1S/C14H15N3S2/c1-8(2)12-14(19-17-16-12)11(15)10-5-3-4-9-6-7-18-13(9)10/h3-8,11H,15H2,1-2H3. The Morgan fingerprint density at radius 2 is 2.05 bits per heavy atom. The summed E-state index contributed by atoms with van der Waals surface area (Å²) in [6.45, 7) is 4.25. The van der Waals surface area contributed by atoms with Gasteiger partial charge >= 0.3 is 0 Å². The second kappa shape index (κ2) is 5.00. The van der Waals surface area contributed by atoms with Gasteiger partial charge in [-0.05, 0) is 39.8 Å². The van der Waals surface area contributed by atoms with Gasteiger partial charge in [-0.3, -0.25) is 0 Å². The predicted molar refractivity (Wildman–Crippen MR) is 81.9 cm³/mol. The first-order chi connectivity index (χ1) is 9.18. The van der Waals surface area contributed by atoms with Crippen molar-refractivity contribution in [1.29, 1.82) is 0 Å². The van der Waals surface area contributed by atoms with Crippen molar-refractivity contribution in [2.75, 3.05) is 0 Å². The molecule has 0 aliphatic carbocycles. The molecule has 1 atom stereocenters. The van der Waals surface area contributed by atoms with Gasteiger partial charge in [-0.2, -0.15) is 0 Å². The number of hydrogen-bond donors (Lipinski definition) is 1. The molecule has 3 nitrogen and oxygen atoms in total. The molecule has 0 saturated carbocycles. The van der Waals surface area contributed by atoms with Crippen molar-refractivity contribution in [1.82, 2.24) is 9.59 Å². The van der Waals surface area contributed by atoms with Crippen LogP contribution in [-0.2, 0) is 0 Å². The number of aromatic nitrogens is 2. The minimum absolute atomic E-state index is 0.139. The number of rotatable bonds is 3. The Bertz CT molecular complexity index is 699. The zero-order chi connectivity index (χ0) is 13.4. The fourth-order valence-corrected chi connectivity index (χ4v) is 4.00. The molecule has 3 aromatic rings. The Labute approximate surface area is 120 Å². The van der Waals surface area contributed by atoms with Gasteiger partial charge in [-0.1, -0.05) is 36.5 Å². The van der Waals surface area contributed by atoms with Gasteiger partial charge in [0.25, 0.3) is 0 Å². The van der Waals surface area contributed by atoms with Gasteiger partial charge in [0, 0.05) is 4.70 Å². The largest absolute Gasteiger partial charge is 0.319 e. The lowest BCUT2D eigenvalue weighted by Gasteiger charge is -2.13. The predicted octanol–water partition coefficient (Wildman–Crippen LogP) is 3.92. The second-order valence-corrected chi connectivity index (χ2v) is 6.54. The maximum atomic E-state index is 6.46. The molecule has 0 amide bonds. The van der Waals surface area contributed by atoms with E-state index in [9.17, 15) is 0 Å². The maximum Gasteiger partial charge on any atom is 0.0832 e. The highest BCUT2D eigenvalue weighted by Crippen LogP contribution is 2.34. The number of fused-ring (bicyclic) bond motifs is 1. The average Bonchev–Trinajstić information content (AvgIpc) is 3.05. The van der Waals surface area contributed by atoms with Crippen LogP contribution in [0.3, 0.4) is 0 Å². The number of thiophene rings is 1. The molecule has 2 aromatic heterocycles. The summed E-state index contributed by atoms with van der Waals surface area (Å²) in [7, 11) is 0. The minimum Gasteiger partial charge on any atom is -0.319 e. The Kier molecular flexibility index (Phi) is 3.35. The van der Waals surface area contributed by atoms with Crippen LogP contribution in [0.2, 0.25) is 0 Å².